The van der Waals surface area contributed by atoms with Crippen molar-refractivity contribution in [2.45, 2.75) is 46.5 Å². The van der Waals surface area contributed by atoms with Gasteiger partial charge in [0.15, 0.2) is 10.9 Å². The van der Waals surface area contributed by atoms with Crippen LogP contribution < -0.4 is 5.32 Å². The summed E-state index contributed by atoms with van der Waals surface area (Å²) in [6.07, 6.45) is 4.33. The van der Waals surface area contributed by atoms with Crippen LogP contribution in [0.4, 0.5) is 5.13 Å². The number of aromatic nitrogens is 1. The number of nitrogens with one attached hydrogen (secondary N) is 1. The number of hydrogen-bond acceptors (Lipinski definition) is 4. The second-order valence-electron chi connectivity index (χ2n) is 5.87. The summed E-state index contributed by atoms with van der Waals surface area (Å²) in [5, 5.41) is 5.07. The van der Waals surface area contributed by atoms with E-state index in [1.54, 1.807) is 5.38 Å². The maximum absolute atomic E-state index is 12.3. The zero-order valence-corrected chi connectivity index (χ0v) is 12.5. The third-order valence-electron chi connectivity index (χ3n) is 3.92. The van der Waals surface area contributed by atoms with Crippen LogP contribution in [0.1, 0.15) is 56.9 Å². The molecule has 1 amide bonds. The van der Waals surface area contributed by atoms with E-state index in [0.29, 0.717) is 10.8 Å². The lowest BCUT2D eigenvalue weighted by molar-refractivity contribution is -0.124. The lowest BCUT2D eigenvalue weighted by atomic mass is 9.68. The summed E-state index contributed by atoms with van der Waals surface area (Å²) >= 11 is 1.31. The van der Waals surface area contributed by atoms with E-state index in [0.717, 1.165) is 19.3 Å². The molecule has 0 spiro atoms. The van der Waals surface area contributed by atoms with Crippen LogP contribution in [0.3, 0.4) is 0 Å². The highest BCUT2D eigenvalue weighted by Gasteiger charge is 2.37. The Morgan fingerprint density at radius 1 is 1.42 bits per heavy atom. The Morgan fingerprint density at radius 2 is 2.16 bits per heavy atom. The number of carbonyl (C=O) groups is 2. The molecule has 1 unspecified atom stereocenters. The second-order valence-corrected chi connectivity index (χ2v) is 6.73. The molecule has 1 aromatic rings. The van der Waals surface area contributed by atoms with Crippen molar-refractivity contribution in [3.63, 3.8) is 0 Å². The normalized spacial score (nSPS) is 21.9. The highest BCUT2D eigenvalue weighted by molar-refractivity contribution is 7.14. The summed E-state index contributed by atoms with van der Waals surface area (Å²) in [4.78, 5) is 27.6. The van der Waals surface area contributed by atoms with Crippen LogP contribution in [0.25, 0.3) is 0 Å². The van der Waals surface area contributed by atoms with Crippen molar-refractivity contribution in [1.29, 1.82) is 0 Å². The first-order valence-corrected chi connectivity index (χ1v) is 7.55. The Balaban J connectivity index is 2.05. The predicted octanol–water partition coefficient (Wildman–Crippen LogP) is 3.50. The van der Waals surface area contributed by atoms with Crippen LogP contribution in [0, 0.1) is 11.3 Å². The van der Waals surface area contributed by atoms with Crippen molar-refractivity contribution in [3.8, 4) is 0 Å². The fraction of sp³-hybridized carbons (Fsp3) is 0.643. The maximum Gasteiger partial charge on any atom is 0.229 e. The molecule has 1 saturated carbocycles. The summed E-state index contributed by atoms with van der Waals surface area (Å²) in [5.41, 5.74) is 0.464. The van der Waals surface area contributed by atoms with Crippen molar-refractivity contribution >= 4 is 28.2 Å². The summed E-state index contributed by atoms with van der Waals surface area (Å²) in [6, 6.07) is 0. The zero-order valence-electron chi connectivity index (χ0n) is 11.7. The van der Waals surface area contributed by atoms with E-state index in [4.69, 9.17) is 0 Å². The molecular formula is C14H20N2O2S. The number of hydrogen-bond donors (Lipinski definition) is 1. The Hall–Kier alpha value is -1.23. The molecule has 5 heteroatoms. The SMILES string of the molecule is CC(=O)c1csc(NC(=O)C2CCCCC2(C)C)n1. The molecule has 1 N–H and O–H groups in total. The Bertz CT molecular complexity index is 493. The van der Waals surface area contributed by atoms with Crippen LogP contribution in [0.5, 0.6) is 0 Å². The van der Waals surface area contributed by atoms with Crippen LogP contribution in [0.2, 0.25) is 0 Å². The topological polar surface area (TPSA) is 59.1 Å². The van der Waals surface area contributed by atoms with Gasteiger partial charge in [-0.2, -0.15) is 0 Å². The molecule has 2 rings (SSSR count). The molecule has 1 fully saturated rings. The summed E-state index contributed by atoms with van der Waals surface area (Å²) in [5.74, 6) is -0.00479. The third-order valence-corrected chi connectivity index (χ3v) is 4.68. The fourth-order valence-corrected chi connectivity index (χ4v) is 3.42. The van der Waals surface area contributed by atoms with Crippen molar-refractivity contribution in [2.24, 2.45) is 11.3 Å². The van der Waals surface area contributed by atoms with E-state index in [9.17, 15) is 9.59 Å². The van der Waals surface area contributed by atoms with Gasteiger partial charge in [-0.3, -0.25) is 9.59 Å². The van der Waals surface area contributed by atoms with Gasteiger partial charge in [0.05, 0.1) is 0 Å². The molecule has 0 bridgehead atoms. The first-order chi connectivity index (χ1) is 8.90. The van der Waals surface area contributed by atoms with E-state index in [2.05, 4.69) is 24.1 Å². The number of amides is 1. The number of nitrogens with zero attached hydrogens (tertiary/aromatic N) is 1. The van der Waals surface area contributed by atoms with Crippen LogP contribution in [-0.4, -0.2) is 16.7 Å². The molecule has 0 radical (unpaired) electrons. The van der Waals surface area contributed by atoms with Crippen LogP contribution in [0.15, 0.2) is 5.38 Å². The van der Waals surface area contributed by atoms with Gasteiger partial charge in [0, 0.05) is 18.2 Å². The maximum atomic E-state index is 12.3. The van der Waals surface area contributed by atoms with Crippen molar-refractivity contribution in [2.75, 3.05) is 5.32 Å². The quantitative estimate of drug-likeness (QED) is 0.862. The molecule has 1 aliphatic rings. The van der Waals surface area contributed by atoms with Gasteiger partial charge in [-0.05, 0) is 18.3 Å². The molecule has 0 aromatic carbocycles. The van der Waals surface area contributed by atoms with Crippen LogP contribution in [-0.2, 0) is 4.79 Å². The van der Waals surface area contributed by atoms with Gasteiger partial charge in [-0.25, -0.2) is 4.98 Å². The summed E-state index contributed by atoms with van der Waals surface area (Å²) in [7, 11) is 0. The number of thiazole rings is 1. The molecule has 0 aliphatic heterocycles. The first kappa shape index (κ1) is 14.2. The fourth-order valence-electron chi connectivity index (χ4n) is 2.67. The Kier molecular flexibility index (Phi) is 4.04. The molecule has 4 nitrogen and oxygen atoms in total. The number of Topliss-reactive ketones (excluding diaryl/α,β-unsaturated/α-hetero) is 1. The monoisotopic (exact) mass is 280 g/mol. The predicted molar refractivity (Wildman–Crippen MR) is 76.5 cm³/mol. The highest BCUT2D eigenvalue weighted by atomic mass is 32.1. The van der Waals surface area contributed by atoms with Crippen molar-refractivity contribution < 1.29 is 9.59 Å². The number of anilines is 1. The molecular weight excluding hydrogens is 260 g/mol. The minimum atomic E-state index is -0.0743. The molecule has 19 heavy (non-hydrogen) atoms. The van der Waals surface area contributed by atoms with E-state index in [1.807, 2.05) is 0 Å². The largest absolute Gasteiger partial charge is 0.302 e. The standard InChI is InChI=1S/C14H20N2O2S/c1-9(17)11-8-19-13(15-11)16-12(18)10-6-4-5-7-14(10,2)3/h8,10H,4-7H2,1-3H3,(H,15,16,18). The molecule has 0 saturated heterocycles. The second kappa shape index (κ2) is 5.41. The van der Waals surface area contributed by atoms with E-state index in [-0.39, 0.29) is 23.0 Å². The molecule has 1 atom stereocenters. The van der Waals surface area contributed by atoms with Gasteiger partial charge in [0.2, 0.25) is 5.91 Å². The van der Waals surface area contributed by atoms with Gasteiger partial charge in [0.25, 0.3) is 0 Å². The highest BCUT2D eigenvalue weighted by Crippen LogP contribution is 2.41. The van der Waals surface area contributed by atoms with Gasteiger partial charge in [-0.15, -0.1) is 11.3 Å². The lowest BCUT2D eigenvalue weighted by Crippen LogP contribution is -2.37. The summed E-state index contributed by atoms with van der Waals surface area (Å²) < 4.78 is 0. The average Bonchev–Trinajstić information content (AvgIpc) is 2.76. The molecule has 104 valence electrons. The average molecular weight is 280 g/mol. The third kappa shape index (κ3) is 3.21. The minimum absolute atomic E-state index is 0.0333. The molecule has 1 heterocycles. The van der Waals surface area contributed by atoms with Gasteiger partial charge >= 0.3 is 0 Å². The zero-order chi connectivity index (χ0) is 14.0. The van der Waals surface area contributed by atoms with E-state index < -0.39 is 0 Å². The smallest absolute Gasteiger partial charge is 0.229 e. The molecule has 1 aromatic heterocycles. The first-order valence-electron chi connectivity index (χ1n) is 6.67. The van der Waals surface area contributed by atoms with Gasteiger partial charge in [-0.1, -0.05) is 26.7 Å². The van der Waals surface area contributed by atoms with Gasteiger partial charge in [0.1, 0.15) is 5.69 Å². The Labute approximate surface area is 117 Å². The van der Waals surface area contributed by atoms with Crippen molar-refractivity contribution in [1.82, 2.24) is 4.98 Å². The Morgan fingerprint density at radius 3 is 2.74 bits per heavy atom. The number of ketones is 1. The number of carbonyl (C=O) groups excluding carboxylic acids is 2. The van der Waals surface area contributed by atoms with Crippen molar-refractivity contribution in [3.05, 3.63) is 11.1 Å². The van der Waals surface area contributed by atoms with E-state index in [1.165, 1.54) is 24.7 Å². The number of rotatable bonds is 3. The van der Waals surface area contributed by atoms with Crippen LogP contribution >= 0.6 is 11.3 Å². The van der Waals surface area contributed by atoms with Gasteiger partial charge < -0.3 is 5.32 Å². The lowest BCUT2D eigenvalue weighted by Gasteiger charge is -2.37. The van der Waals surface area contributed by atoms with E-state index >= 15 is 0 Å². The molecule has 1 aliphatic carbocycles. The summed E-state index contributed by atoms with van der Waals surface area (Å²) in [6.45, 7) is 5.78. The minimum Gasteiger partial charge on any atom is -0.302 e.